The molecule has 0 aliphatic rings. The summed E-state index contributed by atoms with van der Waals surface area (Å²) in [6.07, 6.45) is 2.31. The van der Waals surface area contributed by atoms with Crippen LogP contribution in [-0.2, 0) is 4.79 Å². The number of aldehydes is 1. The standard InChI is InChI=1S/C10H18N2O2.C2H6/c1-5-11(4)10(14)12(6-2)7-9(3)8-13;1-2/h7-8H,5-6H2,1-4H3;1-2H3/b9-7-;. The van der Waals surface area contributed by atoms with E-state index < -0.39 is 0 Å². The monoisotopic (exact) mass is 228 g/mol. The van der Waals surface area contributed by atoms with E-state index in [1.165, 1.54) is 4.90 Å². The maximum atomic E-state index is 11.6. The van der Waals surface area contributed by atoms with Gasteiger partial charge >= 0.3 is 6.03 Å². The summed E-state index contributed by atoms with van der Waals surface area (Å²) in [4.78, 5) is 25.2. The minimum Gasteiger partial charge on any atom is -0.328 e. The maximum Gasteiger partial charge on any atom is 0.323 e. The van der Waals surface area contributed by atoms with Crippen molar-refractivity contribution in [3.63, 3.8) is 0 Å². The SMILES string of the molecule is CC.CCN(C)C(=O)N(/C=C(/C)C=O)CC. The fourth-order valence-electron chi connectivity index (χ4n) is 0.913. The normalized spacial score (nSPS) is 10.0. The highest BCUT2D eigenvalue weighted by atomic mass is 16.2. The average Bonchev–Trinajstić information content (AvgIpc) is 2.35. The quantitative estimate of drug-likeness (QED) is 0.548. The Morgan fingerprint density at radius 2 is 1.69 bits per heavy atom. The van der Waals surface area contributed by atoms with Gasteiger partial charge in [0.2, 0.25) is 0 Å². The van der Waals surface area contributed by atoms with E-state index in [1.807, 2.05) is 27.7 Å². The van der Waals surface area contributed by atoms with Crippen molar-refractivity contribution >= 4 is 12.3 Å². The van der Waals surface area contributed by atoms with E-state index in [0.717, 1.165) is 6.29 Å². The third-order valence-electron chi connectivity index (χ3n) is 1.93. The molecule has 0 fully saturated rings. The van der Waals surface area contributed by atoms with Crippen molar-refractivity contribution in [2.45, 2.75) is 34.6 Å². The summed E-state index contributed by atoms with van der Waals surface area (Å²) in [6, 6.07) is -0.0869. The zero-order valence-corrected chi connectivity index (χ0v) is 11.3. The Kier molecular flexibility index (Phi) is 10.9. The second kappa shape index (κ2) is 10.2. The van der Waals surface area contributed by atoms with E-state index in [-0.39, 0.29) is 6.03 Å². The van der Waals surface area contributed by atoms with Crippen molar-refractivity contribution < 1.29 is 9.59 Å². The van der Waals surface area contributed by atoms with Crippen LogP contribution in [0.2, 0.25) is 0 Å². The smallest absolute Gasteiger partial charge is 0.323 e. The minimum atomic E-state index is -0.0869. The zero-order chi connectivity index (χ0) is 13.1. The van der Waals surface area contributed by atoms with Gasteiger partial charge < -0.3 is 9.80 Å². The van der Waals surface area contributed by atoms with Crippen LogP contribution in [0.4, 0.5) is 4.79 Å². The summed E-state index contributed by atoms with van der Waals surface area (Å²) < 4.78 is 0. The highest BCUT2D eigenvalue weighted by Crippen LogP contribution is 2.00. The van der Waals surface area contributed by atoms with Crippen molar-refractivity contribution in [1.29, 1.82) is 0 Å². The molecule has 0 rings (SSSR count). The molecule has 16 heavy (non-hydrogen) atoms. The van der Waals surface area contributed by atoms with E-state index in [1.54, 1.807) is 25.1 Å². The van der Waals surface area contributed by atoms with Crippen LogP contribution in [0.25, 0.3) is 0 Å². The molecule has 0 atom stereocenters. The van der Waals surface area contributed by atoms with Crippen molar-refractivity contribution in [3.05, 3.63) is 11.8 Å². The molecule has 4 heteroatoms. The van der Waals surface area contributed by atoms with Gasteiger partial charge in [-0.2, -0.15) is 0 Å². The maximum absolute atomic E-state index is 11.6. The van der Waals surface area contributed by atoms with Gasteiger partial charge in [-0.3, -0.25) is 4.79 Å². The van der Waals surface area contributed by atoms with Crippen LogP contribution in [-0.4, -0.2) is 42.3 Å². The van der Waals surface area contributed by atoms with Crippen molar-refractivity contribution in [1.82, 2.24) is 9.80 Å². The first-order chi connectivity index (χ1) is 7.56. The van der Waals surface area contributed by atoms with Gasteiger partial charge in [-0.15, -0.1) is 0 Å². The van der Waals surface area contributed by atoms with Crippen LogP contribution >= 0.6 is 0 Å². The largest absolute Gasteiger partial charge is 0.328 e. The Bertz CT molecular complexity index is 237. The van der Waals surface area contributed by atoms with Crippen LogP contribution in [0.15, 0.2) is 11.8 Å². The number of amides is 2. The number of carbonyl (C=O) groups is 2. The van der Waals surface area contributed by atoms with E-state index >= 15 is 0 Å². The van der Waals surface area contributed by atoms with E-state index in [0.29, 0.717) is 18.7 Å². The topological polar surface area (TPSA) is 40.6 Å². The second-order valence-corrected chi connectivity index (χ2v) is 3.07. The number of urea groups is 1. The number of carbonyl (C=O) groups excluding carboxylic acids is 2. The van der Waals surface area contributed by atoms with Gasteiger partial charge in [0.15, 0.2) is 0 Å². The van der Waals surface area contributed by atoms with Gasteiger partial charge in [0, 0.05) is 31.9 Å². The lowest BCUT2D eigenvalue weighted by molar-refractivity contribution is -0.104. The van der Waals surface area contributed by atoms with E-state index in [9.17, 15) is 9.59 Å². The lowest BCUT2D eigenvalue weighted by Crippen LogP contribution is -2.38. The predicted octanol–water partition coefficient (Wildman–Crippen LogP) is 2.51. The van der Waals surface area contributed by atoms with Gasteiger partial charge in [0.1, 0.15) is 6.29 Å². The summed E-state index contributed by atoms with van der Waals surface area (Å²) in [7, 11) is 1.73. The molecule has 0 saturated carbocycles. The third kappa shape index (κ3) is 6.22. The molecule has 0 spiro atoms. The van der Waals surface area contributed by atoms with Gasteiger partial charge in [0.05, 0.1) is 0 Å². The molecule has 0 aliphatic carbocycles. The molecular formula is C12H24N2O2. The molecule has 0 bridgehead atoms. The summed E-state index contributed by atoms with van der Waals surface area (Å²) in [5.74, 6) is 0. The first kappa shape index (κ1) is 17.1. The Morgan fingerprint density at radius 1 is 1.19 bits per heavy atom. The highest BCUT2D eigenvalue weighted by molar-refractivity contribution is 5.78. The predicted molar refractivity (Wildman–Crippen MR) is 67.2 cm³/mol. The Labute approximate surface area is 98.9 Å². The van der Waals surface area contributed by atoms with Crippen LogP contribution in [0.3, 0.4) is 0 Å². The molecule has 0 N–H and O–H groups in total. The van der Waals surface area contributed by atoms with Crippen molar-refractivity contribution in [2.75, 3.05) is 20.1 Å². The molecule has 0 aliphatic heterocycles. The molecule has 4 nitrogen and oxygen atoms in total. The number of rotatable bonds is 4. The van der Waals surface area contributed by atoms with Gasteiger partial charge in [-0.1, -0.05) is 13.8 Å². The first-order valence-electron chi connectivity index (χ1n) is 5.72. The summed E-state index contributed by atoms with van der Waals surface area (Å²) in [5, 5.41) is 0. The number of hydrogen-bond donors (Lipinski definition) is 0. The second-order valence-electron chi connectivity index (χ2n) is 3.07. The minimum absolute atomic E-state index is 0.0869. The summed E-state index contributed by atoms with van der Waals surface area (Å²) in [6.45, 7) is 10.7. The summed E-state index contributed by atoms with van der Waals surface area (Å²) in [5.41, 5.74) is 0.546. The molecule has 2 amide bonds. The molecule has 0 aromatic carbocycles. The lowest BCUT2D eigenvalue weighted by atomic mass is 10.3. The first-order valence-corrected chi connectivity index (χ1v) is 5.72. The average molecular weight is 228 g/mol. The van der Waals surface area contributed by atoms with E-state index in [4.69, 9.17) is 0 Å². The molecule has 0 saturated heterocycles. The molecule has 94 valence electrons. The van der Waals surface area contributed by atoms with Gasteiger partial charge in [-0.05, 0) is 20.8 Å². The van der Waals surface area contributed by atoms with Crippen LogP contribution < -0.4 is 0 Å². The third-order valence-corrected chi connectivity index (χ3v) is 1.93. The van der Waals surface area contributed by atoms with E-state index in [2.05, 4.69) is 0 Å². The fraction of sp³-hybridized carbons (Fsp3) is 0.667. The molecule has 0 aromatic rings. The fourth-order valence-corrected chi connectivity index (χ4v) is 0.913. The lowest BCUT2D eigenvalue weighted by Gasteiger charge is -2.23. The van der Waals surface area contributed by atoms with Crippen LogP contribution in [0.1, 0.15) is 34.6 Å². The van der Waals surface area contributed by atoms with Gasteiger partial charge in [0.25, 0.3) is 0 Å². The Balaban J connectivity index is 0. The Morgan fingerprint density at radius 3 is 2.00 bits per heavy atom. The molecule has 0 heterocycles. The highest BCUT2D eigenvalue weighted by Gasteiger charge is 2.12. The Hall–Kier alpha value is -1.32. The molecule has 0 aromatic heterocycles. The molecule has 0 radical (unpaired) electrons. The van der Waals surface area contributed by atoms with Crippen molar-refractivity contribution in [3.8, 4) is 0 Å². The van der Waals surface area contributed by atoms with Crippen molar-refractivity contribution in [2.24, 2.45) is 0 Å². The zero-order valence-electron chi connectivity index (χ0n) is 11.3. The molecular weight excluding hydrogens is 204 g/mol. The number of nitrogens with zero attached hydrogens (tertiary/aromatic N) is 2. The summed E-state index contributed by atoms with van der Waals surface area (Å²) >= 11 is 0. The molecule has 0 unspecified atom stereocenters. The number of hydrogen-bond acceptors (Lipinski definition) is 2. The van der Waals surface area contributed by atoms with Gasteiger partial charge in [-0.25, -0.2) is 4.79 Å². The van der Waals surface area contributed by atoms with Crippen LogP contribution in [0, 0.1) is 0 Å². The number of allylic oxidation sites excluding steroid dienone is 1. The van der Waals surface area contributed by atoms with Crippen LogP contribution in [0.5, 0.6) is 0 Å².